The normalized spacial score (nSPS) is 17.7. The molecule has 26 heavy (non-hydrogen) atoms. The summed E-state index contributed by atoms with van der Waals surface area (Å²) in [6.45, 7) is 0.728. The Morgan fingerprint density at radius 1 is 1.19 bits per heavy atom. The average molecular weight is 358 g/mol. The maximum atomic E-state index is 13.4. The Morgan fingerprint density at radius 2 is 2.00 bits per heavy atom. The molecule has 4 rings (SSSR count). The Kier molecular flexibility index (Phi) is 5.65. The van der Waals surface area contributed by atoms with Crippen LogP contribution in [0, 0.1) is 5.82 Å². The van der Waals surface area contributed by atoms with Crippen LogP contribution in [0.2, 0.25) is 0 Å². The van der Waals surface area contributed by atoms with Crippen LogP contribution in [0.5, 0.6) is 0 Å². The molecule has 3 heterocycles. The Bertz CT molecular complexity index is 745. The molecule has 2 aliphatic rings. The number of anilines is 1. The van der Waals surface area contributed by atoms with Gasteiger partial charge in [-0.25, -0.2) is 14.2 Å². The Hall–Kier alpha value is -2.70. The average Bonchev–Trinajstić information content (AvgIpc) is 3.03. The molecule has 6 nitrogen and oxygen atoms in total. The summed E-state index contributed by atoms with van der Waals surface area (Å²) in [5, 5.41) is 5.61. The van der Waals surface area contributed by atoms with Gasteiger partial charge in [0.2, 0.25) is 0 Å². The minimum Gasteiger partial charge on any atom is -0.441 e. The van der Waals surface area contributed by atoms with Gasteiger partial charge in [0.05, 0.1) is 6.54 Å². The highest BCUT2D eigenvalue weighted by Crippen LogP contribution is 2.33. The molecule has 2 aromatic rings. The van der Waals surface area contributed by atoms with Crippen molar-refractivity contribution in [1.82, 2.24) is 15.3 Å². The zero-order valence-corrected chi connectivity index (χ0v) is 14.8. The van der Waals surface area contributed by atoms with Gasteiger partial charge in [0.1, 0.15) is 22.9 Å². The molecule has 1 saturated carbocycles. The van der Waals surface area contributed by atoms with Crippen LogP contribution < -0.4 is 10.6 Å². The number of halogens is 1. The summed E-state index contributed by atoms with van der Waals surface area (Å²) in [6.07, 6.45) is 8.72. The monoisotopic (exact) mass is 358 g/mol. The standard InChI is InChI=1S/C11H10FN3.C8H13NO2/c1-13-10-5-4-8(7-15-10)11-9(12)3-2-6-14-11;10-7-9-6-8(11-7)4-2-1-3-5-8/h2-7H,1H3,(H,13,15);1-6H2,(H,9,10). The van der Waals surface area contributed by atoms with Crippen molar-refractivity contribution in [3.8, 4) is 11.3 Å². The SMILES string of the molecule is CNc1ccc(-c2ncccc2F)cn1.O=C1NCC2(CCCCC2)O1. The molecule has 0 atom stereocenters. The fraction of sp³-hybridized carbons (Fsp3) is 0.421. The van der Waals surface area contributed by atoms with Crippen molar-refractivity contribution in [2.75, 3.05) is 18.9 Å². The fourth-order valence-electron chi connectivity index (χ4n) is 3.26. The van der Waals surface area contributed by atoms with Gasteiger partial charge in [0.25, 0.3) is 0 Å². The third kappa shape index (κ3) is 4.28. The molecule has 2 fully saturated rings. The summed E-state index contributed by atoms with van der Waals surface area (Å²) in [7, 11) is 1.78. The number of hydrogen-bond acceptors (Lipinski definition) is 5. The van der Waals surface area contributed by atoms with E-state index >= 15 is 0 Å². The number of nitrogens with one attached hydrogen (secondary N) is 2. The summed E-state index contributed by atoms with van der Waals surface area (Å²) >= 11 is 0. The van der Waals surface area contributed by atoms with Crippen molar-refractivity contribution in [2.45, 2.75) is 37.7 Å². The van der Waals surface area contributed by atoms with Crippen molar-refractivity contribution in [3.63, 3.8) is 0 Å². The van der Waals surface area contributed by atoms with Crippen molar-refractivity contribution < 1.29 is 13.9 Å². The summed E-state index contributed by atoms with van der Waals surface area (Å²) in [5.74, 6) is 0.409. The minimum atomic E-state index is -0.337. The van der Waals surface area contributed by atoms with E-state index in [0.29, 0.717) is 11.3 Å². The van der Waals surface area contributed by atoms with Crippen molar-refractivity contribution >= 4 is 11.9 Å². The number of hydrogen-bond donors (Lipinski definition) is 2. The number of nitrogens with zero attached hydrogens (tertiary/aromatic N) is 2. The number of pyridine rings is 2. The van der Waals surface area contributed by atoms with Gasteiger partial charge in [-0.2, -0.15) is 0 Å². The minimum absolute atomic E-state index is 0.116. The van der Waals surface area contributed by atoms with E-state index in [-0.39, 0.29) is 17.5 Å². The molecule has 0 bridgehead atoms. The molecule has 1 aliphatic heterocycles. The molecule has 2 aromatic heterocycles. The molecule has 0 unspecified atom stereocenters. The van der Waals surface area contributed by atoms with E-state index < -0.39 is 0 Å². The lowest BCUT2D eigenvalue weighted by molar-refractivity contribution is 0.0260. The topological polar surface area (TPSA) is 76.1 Å². The lowest BCUT2D eigenvalue weighted by Gasteiger charge is -2.29. The summed E-state index contributed by atoms with van der Waals surface area (Å²) in [4.78, 5) is 18.8. The first-order chi connectivity index (χ1) is 12.6. The zero-order chi connectivity index (χ0) is 18.4. The van der Waals surface area contributed by atoms with Crippen molar-refractivity contribution in [1.29, 1.82) is 0 Å². The zero-order valence-electron chi connectivity index (χ0n) is 14.8. The maximum Gasteiger partial charge on any atom is 0.407 e. The van der Waals surface area contributed by atoms with E-state index in [1.165, 1.54) is 25.3 Å². The first kappa shape index (κ1) is 18.1. The number of aromatic nitrogens is 2. The number of alkyl carbamates (subject to hydrolysis) is 1. The van der Waals surface area contributed by atoms with Gasteiger partial charge in [-0.1, -0.05) is 6.42 Å². The van der Waals surface area contributed by atoms with Gasteiger partial charge < -0.3 is 15.4 Å². The highest BCUT2D eigenvalue weighted by atomic mass is 19.1. The fourth-order valence-corrected chi connectivity index (χ4v) is 3.26. The number of amides is 1. The van der Waals surface area contributed by atoms with Crippen LogP contribution in [0.15, 0.2) is 36.7 Å². The highest BCUT2D eigenvalue weighted by Gasteiger charge is 2.40. The smallest absolute Gasteiger partial charge is 0.407 e. The van der Waals surface area contributed by atoms with Gasteiger partial charge in [-0.05, 0) is 49.9 Å². The number of carbonyl (C=O) groups excluding carboxylic acids is 1. The Morgan fingerprint density at radius 3 is 2.58 bits per heavy atom. The Labute approximate surface area is 152 Å². The van der Waals surface area contributed by atoms with Gasteiger partial charge in [0, 0.05) is 25.0 Å². The number of rotatable bonds is 2. The molecule has 1 saturated heterocycles. The Balaban J connectivity index is 0.000000158. The van der Waals surface area contributed by atoms with Crippen molar-refractivity contribution in [2.24, 2.45) is 0 Å². The lowest BCUT2D eigenvalue weighted by Crippen LogP contribution is -2.35. The van der Waals surface area contributed by atoms with Crippen molar-refractivity contribution in [3.05, 3.63) is 42.5 Å². The van der Waals surface area contributed by atoms with Gasteiger partial charge >= 0.3 is 6.09 Å². The van der Waals surface area contributed by atoms with E-state index in [4.69, 9.17) is 4.74 Å². The molecular weight excluding hydrogens is 335 g/mol. The summed E-state index contributed by atoms with van der Waals surface area (Å²) in [6, 6.07) is 6.51. The van der Waals surface area contributed by atoms with Crippen LogP contribution in [0.1, 0.15) is 32.1 Å². The van der Waals surface area contributed by atoms with Crippen LogP contribution in [0.25, 0.3) is 11.3 Å². The van der Waals surface area contributed by atoms with E-state index in [1.807, 2.05) is 0 Å². The maximum absolute atomic E-state index is 13.4. The molecule has 1 aliphatic carbocycles. The first-order valence-electron chi connectivity index (χ1n) is 8.83. The van der Waals surface area contributed by atoms with E-state index in [2.05, 4.69) is 20.6 Å². The predicted molar refractivity (Wildman–Crippen MR) is 97.3 cm³/mol. The van der Waals surface area contributed by atoms with Crippen LogP contribution in [0.4, 0.5) is 15.0 Å². The van der Waals surface area contributed by atoms with Crippen LogP contribution in [-0.2, 0) is 4.74 Å². The van der Waals surface area contributed by atoms with Crippen LogP contribution in [-0.4, -0.2) is 35.3 Å². The van der Waals surface area contributed by atoms with Crippen LogP contribution >= 0.6 is 0 Å². The third-order valence-corrected chi connectivity index (χ3v) is 4.68. The van der Waals surface area contributed by atoms with E-state index in [1.54, 1.807) is 37.6 Å². The molecule has 138 valence electrons. The molecular formula is C19H23FN4O2. The van der Waals surface area contributed by atoms with Gasteiger partial charge in [-0.15, -0.1) is 0 Å². The second-order valence-corrected chi connectivity index (χ2v) is 6.50. The molecule has 1 spiro atoms. The molecule has 1 amide bonds. The van der Waals surface area contributed by atoms with Gasteiger partial charge in [-0.3, -0.25) is 4.98 Å². The predicted octanol–water partition coefficient (Wildman–Crippen LogP) is 3.75. The third-order valence-electron chi connectivity index (χ3n) is 4.68. The second kappa shape index (κ2) is 8.12. The van der Waals surface area contributed by atoms with E-state index in [0.717, 1.165) is 25.2 Å². The van der Waals surface area contributed by atoms with Gasteiger partial charge in [0.15, 0.2) is 0 Å². The highest BCUT2D eigenvalue weighted by molar-refractivity contribution is 5.70. The van der Waals surface area contributed by atoms with E-state index in [9.17, 15) is 9.18 Å². The first-order valence-corrected chi connectivity index (χ1v) is 8.83. The summed E-state index contributed by atoms with van der Waals surface area (Å²) < 4.78 is 18.6. The molecule has 0 radical (unpaired) electrons. The largest absolute Gasteiger partial charge is 0.441 e. The number of carbonyl (C=O) groups is 1. The molecule has 2 N–H and O–H groups in total. The quantitative estimate of drug-likeness (QED) is 0.855. The summed E-state index contributed by atoms with van der Waals surface area (Å²) in [5.41, 5.74) is 0.884. The lowest BCUT2D eigenvalue weighted by atomic mass is 9.85. The second-order valence-electron chi connectivity index (χ2n) is 6.50. The molecule has 7 heteroatoms. The molecule has 0 aromatic carbocycles. The number of ether oxygens (including phenoxy) is 1. The van der Waals surface area contributed by atoms with Crippen LogP contribution in [0.3, 0.4) is 0 Å².